The quantitative estimate of drug-likeness (QED) is 0.558. The van der Waals surface area contributed by atoms with Crippen molar-refractivity contribution >= 4 is 44.2 Å². The molecule has 3 aromatic rings. The first-order valence-electron chi connectivity index (χ1n) is 8.48. The summed E-state index contributed by atoms with van der Waals surface area (Å²) in [5.41, 5.74) is 0.936. The number of rotatable bonds is 7. The van der Waals surface area contributed by atoms with Gasteiger partial charge >= 0.3 is 0 Å². The Kier molecular flexibility index (Phi) is 6.13. The molecule has 2 aromatic carbocycles. The highest BCUT2D eigenvalue weighted by molar-refractivity contribution is 7.22. The lowest BCUT2D eigenvalue weighted by atomic mass is 10.2. The van der Waals surface area contributed by atoms with E-state index < -0.39 is 0 Å². The molecule has 1 amide bonds. The van der Waals surface area contributed by atoms with Crippen LogP contribution in [0.3, 0.4) is 0 Å². The molecule has 0 radical (unpaired) electrons. The maximum atomic E-state index is 13.3. The van der Waals surface area contributed by atoms with E-state index >= 15 is 0 Å². The van der Waals surface area contributed by atoms with E-state index in [2.05, 4.69) is 10.3 Å². The zero-order valence-electron chi connectivity index (χ0n) is 14.8. The van der Waals surface area contributed by atoms with Gasteiger partial charge in [0.1, 0.15) is 5.82 Å². The molecule has 27 heavy (non-hydrogen) atoms. The number of carbonyl (C=O) groups excluding carboxylic acids is 1. The van der Waals surface area contributed by atoms with Crippen LogP contribution < -0.4 is 14.8 Å². The molecule has 5 nitrogen and oxygen atoms in total. The van der Waals surface area contributed by atoms with Gasteiger partial charge in [0.25, 0.3) is 5.91 Å². The predicted molar refractivity (Wildman–Crippen MR) is 106 cm³/mol. The van der Waals surface area contributed by atoms with Crippen molar-refractivity contribution in [1.29, 1.82) is 0 Å². The van der Waals surface area contributed by atoms with Crippen molar-refractivity contribution in [2.75, 3.05) is 18.5 Å². The number of anilines is 1. The number of amides is 1. The Morgan fingerprint density at radius 2 is 2.07 bits per heavy atom. The molecule has 0 aliphatic rings. The summed E-state index contributed by atoms with van der Waals surface area (Å²) in [5, 5.41) is 3.39. The van der Waals surface area contributed by atoms with Crippen molar-refractivity contribution in [3.63, 3.8) is 0 Å². The number of hydrogen-bond donors (Lipinski definition) is 1. The van der Waals surface area contributed by atoms with Crippen LogP contribution in [0, 0.1) is 5.82 Å². The molecule has 0 atom stereocenters. The van der Waals surface area contributed by atoms with Gasteiger partial charge in [-0.2, -0.15) is 0 Å². The average molecular weight is 409 g/mol. The molecule has 1 aromatic heterocycles. The zero-order valence-corrected chi connectivity index (χ0v) is 16.4. The minimum atomic E-state index is -0.389. The van der Waals surface area contributed by atoms with E-state index in [4.69, 9.17) is 21.1 Å². The molecule has 0 bridgehead atoms. The van der Waals surface area contributed by atoms with Gasteiger partial charge in [-0.25, -0.2) is 9.37 Å². The second-order valence-corrected chi connectivity index (χ2v) is 7.09. The van der Waals surface area contributed by atoms with Crippen LogP contribution in [0.25, 0.3) is 10.2 Å². The van der Waals surface area contributed by atoms with Crippen LogP contribution in [0.5, 0.6) is 11.5 Å². The fourth-order valence-corrected chi connectivity index (χ4v) is 3.58. The second-order valence-electron chi connectivity index (χ2n) is 5.65. The van der Waals surface area contributed by atoms with Crippen molar-refractivity contribution in [2.45, 2.75) is 20.3 Å². The highest BCUT2D eigenvalue weighted by Gasteiger charge is 2.17. The third-order valence-electron chi connectivity index (χ3n) is 3.59. The second kappa shape index (κ2) is 8.54. The predicted octanol–water partition coefficient (Wildman–Crippen LogP) is 5.53. The molecule has 0 saturated heterocycles. The number of aromatic nitrogens is 1. The van der Waals surface area contributed by atoms with E-state index in [1.165, 1.54) is 29.5 Å². The topological polar surface area (TPSA) is 60.5 Å². The Hall–Kier alpha value is -2.38. The van der Waals surface area contributed by atoms with E-state index in [1.54, 1.807) is 12.1 Å². The van der Waals surface area contributed by atoms with Crippen molar-refractivity contribution in [3.05, 3.63) is 46.7 Å². The normalized spacial score (nSPS) is 10.8. The lowest BCUT2D eigenvalue weighted by Crippen LogP contribution is -2.12. The maximum absolute atomic E-state index is 13.3. The fraction of sp³-hybridized carbons (Fsp3) is 0.263. The van der Waals surface area contributed by atoms with E-state index in [1.807, 2.05) is 13.8 Å². The number of ether oxygens (including phenoxy) is 2. The standard InChI is InChI=1S/C19H18ClFN2O3S/c1-3-7-26-17-13(20)8-11(9-15(17)25-4-2)18(24)23-19-22-14-6-5-12(21)10-16(14)27-19/h5-6,8-10H,3-4,7H2,1-2H3,(H,22,23,24). The van der Waals surface area contributed by atoms with Gasteiger partial charge in [0.05, 0.1) is 28.5 Å². The monoisotopic (exact) mass is 408 g/mol. The Morgan fingerprint density at radius 1 is 1.26 bits per heavy atom. The molecule has 3 rings (SSSR count). The van der Waals surface area contributed by atoms with Gasteiger partial charge in [-0.05, 0) is 43.7 Å². The van der Waals surface area contributed by atoms with Gasteiger partial charge in [-0.3, -0.25) is 10.1 Å². The molecule has 142 valence electrons. The molecule has 0 aliphatic carbocycles. The lowest BCUT2D eigenvalue weighted by molar-refractivity contribution is 0.102. The van der Waals surface area contributed by atoms with Crippen LogP contribution in [0.4, 0.5) is 9.52 Å². The number of carbonyl (C=O) groups is 1. The van der Waals surface area contributed by atoms with Crippen molar-refractivity contribution < 1.29 is 18.7 Å². The molecule has 0 fully saturated rings. The Morgan fingerprint density at radius 3 is 2.81 bits per heavy atom. The summed E-state index contributed by atoms with van der Waals surface area (Å²) in [5.74, 6) is 0.0987. The minimum absolute atomic E-state index is 0.297. The number of fused-ring (bicyclic) bond motifs is 1. The number of nitrogens with one attached hydrogen (secondary N) is 1. The third-order valence-corrected chi connectivity index (χ3v) is 4.81. The number of thiazole rings is 1. The molecule has 8 heteroatoms. The van der Waals surface area contributed by atoms with Crippen LogP contribution in [0.15, 0.2) is 30.3 Å². The van der Waals surface area contributed by atoms with Crippen LogP contribution in [-0.2, 0) is 0 Å². The molecule has 0 spiro atoms. The van der Waals surface area contributed by atoms with Gasteiger partial charge in [0, 0.05) is 5.56 Å². The zero-order chi connectivity index (χ0) is 19.4. The lowest BCUT2D eigenvalue weighted by Gasteiger charge is -2.14. The molecule has 0 unspecified atom stereocenters. The van der Waals surface area contributed by atoms with Crippen molar-refractivity contribution in [1.82, 2.24) is 4.98 Å². The molecule has 1 N–H and O–H groups in total. The van der Waals surface area contributed by atoms with Crippen LogP contribution >= 0.6 is 22.9 Å². The number of nitrogens with zero attached hydrogens (tertiary/aromatic N) is 1. The van der Waals surface area contributed by atoms with E-state index in [0.717, 1.165) is 6.42 Å². The van der Waals surface area contributed by atoms with E-state index in [9.17, 15) is 9.18 Å². The van der Waals surface area contributed by atoms with Crippen LogP contribution in [0.2, 0.25) is 5.02 Å². The first kappa shape index (κ1) is 19.4. The summed E-state index contributed by atoms with van der Waals surface area (Å²) in [4.78, 5) is 16.9. The number of hydrogen-bond acceptors (Lipinski definition) is 5. The van der Waals surface area contributed by atoms with Gasteiger partial charge in [-0.15, -0.1) is 0 Å². The number of halogens is 2. The first-order chi connectivity index (χ1) is 13.0. The molecular formula is C19H18ClFN2O3S. The summed E-state index contributed by atoms with van der Waals surface area (Å²) < 4.78 is 25.2. The van der Waals surface area contributed by atoms with Gasteiger partial charge in [0.2, 0.25) is 0 Å². The van der Waals surface area contributed by atoms with Gasteiger partial charge in [-0.1, -0.05) is 29.9 Å². The average Bonchev–Trinajstić information content (AvgIpc) is 3.02. The largest absolute Gasteiger partial charge is 0.490 e. The summed E-state index contributed by atoms with van der Waals surface area (Å²) in [6.07, 6.45) is 0.822. The smallest absolute Gasteiger partial charge is 0.257 e. The highest BCUT2D eigenvalue weighted by atomic mass is 35.5. The van der Waals surface area contributed by atoms with Gasteiger partial charge < -0.3 is 9.47 Å². The SMILES string of the molecule is CCCOc1c(Cl)cc(C(=O)Nc2nc3ccc(F)cc3s2)cc1OCC. The highest BCUT2D eigenvalue weighted by Crippen LogP contribution is 2.37. The van der Waals surface area contributed by atoms with Crippen molar-refractivity contribution in [3.8, 4) is 11.5 Å². The fourth-order valence-electron chi connectivity index (χ4n) is 2.43. The Bertz CT molecular complexity index is 977. The Labute approximate surface area is 165 Å². The molecule has 1 heterocycles. The summed E-state index contributed by atoms with van der Waals surface area (Å²) in [7, 11) is 0. The number of benzene rings is 2. The first-order valence-corrected chi connectivity index (χ1v) is 9.67. The van der Waals surface area contributed by atoms with E-state index in [0.29, 0.717) is 50.6 Å². The summed E-state index contributed by atoms with van der Waals surface area (Å²) in [6.45, 7) is 4.73. The summed E-state index contributed by atoms with van der Waals surface area (Å²) in [6, 6.07) is 7.39. The molecule has 0 saturated carbocycles. The van der Waals surface area contributed by atoms with Crippen LogP contribution in [0.1, 0.15) is 30.6 Å². The van der Waals surface area contributed by atoms with Crippen molar-refractivity contribution in [2.24, 2.45) is 0 Å². The van der Waals surface area contributed by atoms with Crippen LogP contribution in [-0.4, -0.2) is 24.1 Å². The third kappa shape index (κ3) is 4.48. The maximum Gasteiger partial charge on any atom is 0.257 e. The Balaban J connectivity index is 1.86. The minimum Gasteiger partial charge on any atom is -0.490 e. The molecular weight excluding hydrogens is 391 g/mol. The van der Waals surface area contributed by atoms with E-state index in [-0.39, 0.29) is 11.7 Å². The molecule has 0 aliphatic heterocycles. The summed E-state index contributed by atoms with van der Waals surface area (Å²) >= 11 is 7.49. The van der Waals surface area contributed by atoms with Gasteiger partial charge in [0.15, 0.2) is 16.6 Å².